The van der Waals surface area contributed by atoms with Gasteiger partial charge in [-0.2, -0.15) is 17.5 Å². The van der Waals surface area contributed by atoms with Gasteiger partial charge in [0.2, 0.25) is 21.8 Å². The van der Waals surface area contributed by atoms with Crippen molar-refractivity contribution in [1.29, 1.82) is 0 Å². The average molecular weight is 539 g/mol. The summed E-state index contributed by atoms with van der Waals surface area (Å²) in [7, 11) is -4.08. The van der Waals surface area contributed by atoms with Gasteiger partial charge in [-0.05, 0) is 49.1 Å². The van der Waals surface area contributed by atoms with Crippen molar-refractivity contribution < 1.29 is 35.2 Å². The molecule has 1 aromatic carbocycles. The lowest BCUT2D eigenvalue weighted by molar-refractivity contribution is -0.145. The molecule has 3 atom stereocenters. The number of alkyl halides is 3. The van der Waals surface area contributed by atoms with Crippen molar-refractivity contribution in [1.82, 2.24) is 24.6 Å². The molecule has 3 aromatic rings. The van der Waals surface area contributed by atoms with Crippen molar-refractivity contribution in [2.45, 2.75) is 42.5 Å². The molecule has 1 saturated heterocycles. The molecule has 1 amide bonds. The Balaban J connectivity index is 1.31. The molecule has 1 aliphatic carbocycles. The molecule has 37 heavy (non-hydrogen) atoms. The number of piperidine rings is 1. The standard InChI is InChI=1S/C23H18F5N5O3S/c24-15-1-3-16(4-2-15)37(35,36)33-19-6-12(19)7-20(33)21(34)30-8-13-5-18(29-11-17(13)25)14-9-31-22(32-10-14)23(26,27)28/h1-5,9-12,19-20H,6-8H2,(H,30,34)/t12-,19-,20-/m0/s1. The number of nitrogens with one attached hydrogen (secondary N) is 1. The van der Waals surface area contributed by atoms with Gasteiger partial charge in [0.1, 0.15) is 17.7 Å². The number of aromatic nitrogens is 3. The van der Waals surface area contributed by atoms with Crippen LogP contribution in [0, 0.1) is 17.6 Å². The molecular weight excluding hydrogens is 521 g/mol. The number of benzene rings is 1. The van der Waals surface area contributed by atoms with Crippen LogP contribution in [0.1, 0.15) is 24.2 Å². The Morgan fingerprint density at radius 1 is 1.03 bits per heavy atom. The first-order chi connectivity index (χ1) is 17.4. The molecule has 3 heterocycles. The molecule has 2 fully saturated rings. The van der Waals surface area contributed by atoms with Crippen LogP contribution in [0.15, 0.2) is 53.8 Å². The van der Waals surface area contributed by atoms with E-state index in [-0.39, 0.29) is 40.2 Å². The minimum atomic E-state index is -4.72. The largest absolute Gasteiger partial charge is 0.451 e. The monoisotopic (exact) mass is 539 g/mol. The summed E-state index contributed by atoms with van der Waals surface area (Å²) >= 11 is 0. The number of nitrogens with zero attached hydrogens (tertiary/aromatic N) is 4. The lowest BCUT2D eigenvalue weighted by Gasteiger charge is -2.26. The molecule has 0 bridgehead atoms. The lowest BCUT2D eigenvalue weighted by atomic mass is 10.1. The first-order valence-electron chi connectivity index (χ1n) is 11.1. The first kappa shape index (κ1) is 25.1. The molecule has 14 heteroatoms. The highest BCUT2D eigenvalue weighted by molar-refractivity contribution is 7.89. The second-order valence-electron chi connectivity index (χ2n) is 8.78. The van der Waals surface area contributed by atoms with Crippen molar-refractivity contribution >= 4 is 15.9 Å². The van der Waals surface area contributed by atoms with Crippen LogP contribution in [0.25, 0.3) is 11.3 Å². The highest BCUT2D eigenvalue weighted by Crippen LogP contribution is 2.50. The molecule has 5 rings (SSSR count). The minimum Gasteiger partial charge on any atom is -0.351 e. The Hall–Kier alpha value is -3.52. The van der Waals surface area contributed by atoms with E-state index in [9.17, 15) is 35.2 Å². The third-order valence-electron chi connectivity index (χ3n) is 6.33. The first-order valence-corrected chi connectivity index (χ1v) is 12.5. The van der Waals surface area contributed by atoms with E-state index < -0.39 is 45.6 Å². The van der Waals surface area contributed by atoms with E-state index in [1.807, 2.05) is 0 Å². The maximum atomic E-state index is 14.4. The number of rotatable bonds is 6. The zero-order valence-corrected chi connectivity index (χ0v) is 19.6. The van der Waals surface area contributed by atoms with Crippen molar-refractivity contribution in [3.8, 4) is 11.3 Å². The Morgan fingerprint density at radius 3 is 2.35 bits per heavy atom. The topological polar surface area (TPSA) is 105 Å². The summed E-state index contributed by atoms with van der Waals surface area (Å²) in [5, 5.41) is 2.54. The number of hydrogen-bond donors (Lipinski definition) is 1. The second-order valence-corrected chi connectivity index (χ2v) is 10.6. The number of carbonyl (C=O) groups excluding carboxylic acids is 1. The lowest BCUT2D eigenvalue weighted by Crippen LogP contribution is -2.47. The smallest absolute Gasteiger partial charge is 0.351 e. The zero-order chi connectivity index (χ0) is 26.5. The van der Waals surface area contributed by atoms with Gasteiger partial charge < -0.3 is 5.32 Å². The van der Waals surface area contributed by atoms with Crippen molar-refractivity contribution in [3.05, 3.63) is 71.9 Å². The fraction of sp³-hybridized carbons (Fsp3) is 0.304. The number of pyridine rings is 1. The number of halogens is 5. The van der Waals surface area contributed by atoms with Crippen LogP contribution in [0.4, 0.5) is 22.0 Å². The van der Waals surface area contributed by atoms with E-state index in [1.165, 1.54) is 6.07 Å². The molecule has 2 aromatic heterocycles. The van der Waals surface area contributed by atoms with Crippen LogP contribution in [-0.2, 0) is 27.5 Å². The van der Waals surface area contributed by atoms with Gasteiger partial charge in [-0.3, -0.25) is 9.78 Å². The summed E-state index contributed by atoms with van der Waals surface area (Å²) in [6.45, 7) is -0.321. The minimum absolute atomic E-state index is 0.0191. The summed E-state index contributed by atoms with van der Waals surface area (Å²) in [4.78, 5) is 23.2. The average Bonchev–Trinajstić information content (AvgIpc) is 3.51. The maximum absolute atomic E-state index is 14.4. The van der Waals surface area contributed by atoms with Gasteiger partial charge in [0.25, 0.3) is 0 Å². The maximum Gasteiger partial charge on any atom is 0.451 e. The van der Waals surface area contributed by atoms with Crippen molar-refractivity contribution in [2.75, 3.05) is 0 Å². The van der Waals surface area contributed by atoms with Gasteiger partial charge in [0.15, 0.2) is 0 Å². The predicted octanol–water partition coefficient (Wildman–Crippen LogP) is 3.30. The van der Waals surface area contributed by atoms with Crippen LogP contribution in [0.3, 0.4) is 0 Å². The highest BCUT2D eigenvalue weighted by Gasteiger charge is 2.58. The number of carbonyl (C=O) groups is 1. The van der Waals surface area contributed by atoms with E-state index in [0.717, 1.165) is 47.2 Å². The van der Waals surface area contributed by atoms with Gasteiger partial charge in [-0.15, -0.1) is 0 Å². The van der Waals surface area contributed by atoms with Crippen LogP contribution in [-0.4, -0.2) is 45.7 Å². The van der Waals surface area contributed by atoms with E-state index in [2.05, 4.69) is 20.3 Å². The fourth-order valence-corrected chi connectivity index (χ4v) is 6.25. The van der Waals surface area contributed by atoms with Gasteiger partial charge in [-0.25, -0.2) is 27.2 Å². The normalized spacial score (nSPS) is 21.5. The molecule has 1 saturated carbocycles. The number of hydrogen-bond acceptors (Lipinski definition) is 6. The number of amides is 1. The highest BCUT2D eigenvalue weighted by atomic mass is 32.2. The molecule has 2 aliphatic rings. The van der Waals surface area contributed by atoms with E-state index in [0.29, 0.717) is 12.8 Å². The zero-order valence-electron chi connectivity index (χ0n) is 18.8. The molecule has 0 spiro atoms. The van der Waals surface area contributed by atoms with Crippen molar-refractivity contribution in [2.24, 2.45) is 5.92 Å². The summed E-state index contributed by atoms with van der Waals surface area (Å²) in [5.41, 5.74) is 0.171. The van der Waals surface area contributed by atoms with E-state index in [1.54, 1.807) is 0 Å². The number of sulfonamides is 1. The number of fused-ring (bicyclic) bond motifs is 1. The van der Waals surface area contributed by atoms with Crippen LogP contribution in [0.5, 0.6) is 0 Å². The third-order valence-corrected chi connectivity index (χ3v) is 8.27. The van der Waals surface area contributed by atoms with Crippen LogP contribution in [0.2, 0.25) is 0 Å². The molecule has 0 unspecified atom stereocenters. The third kappa shape index (κ3) is 4.90. The van der Waals surface area contributed by atoms with Gasteiger partial charge >= 0.3 is 6.18 Å². The van der Waals surface area contributed by atoms with E-state index >= 15 is 0 Å². The van der Waals surface area contributed by atoms with Gasteiger partial charge in [0, 0.05) is 36.1 Å². The summed E-state index contributed by atoms with van der Waals surface area (Å²) < 4.78 is 93.3. The Morgan fingerprint density at radius 2 is 1.70 bits per heavy atom. The Bertz CT molecular complexity index is 1450. The summed E-state index contributed by atoms with van der Waals surface area (Å²) in [5.74, 6) is -3.31. The van der Waals surface area contributed by atoms with Crippen LogP contribution >= 0.6 is 0 Å². The fourth-order valence-electron chi connectivity index (χ4n) is 4.40. The van der Waals surface area contributed by atoms with E-state index in [4.69, 9.17) is 0 Å². The Kier molecular flexibility index (Phi) is 6.18. The molecule has 8 nitrogen and oxygen atoms in total. The van der Waals surface area contributed by atoms with Crippen molar-refractivity contribution in [3.63, 3.8) is 0 Å². The summed E-state index contributed by atoms with van der Waals surface area (Å²) in [6, 6.07) is 4.19. The quantitative estimate of drug-likeness (QED) is 0.482. The molecular formula is C23H18F5N5O3S. The van der Waals surface area contributed by atoms with Gasteiger partial charge in [-0.1, -0.05) is 0 Å². The Labute approximate surface area is 207 Å². The SMILES string of the molecule is O=C(NCc1cc(-c2cnc(C(F)(F)F)nc2)ncc1F)[C@@H]1C[C@@H]2C[C@@H]2N1S(=O)(=O)c1ccc(F)cc1. The second kappa shape index (κ2) is 9.10. The summed E-state index contributed by atoms with van der Waals surface area (Å²) in [6.07, 6.45) is -1.15. The van der Waals surface area contributed by atoms with Gasteiger partial charge in [0.05, 0.1) is 16.8 Å². The molecule has 0 radical (unpaired) electrons. The molecule has 1 N–H and O–H groups in total. The predicted molar refractivity (Wildman–Crippen MR) is 118 cm³/mol. The molecule has 1 aliphatic heterocycles. The molecule has 194 valence electrons. The van der Waals surface area contributed by atoms with Crippen LogP contribution < -0.4 is 5.32 Å².